The van der Waals surface area contributed by atoms with E-state index in [1.54, 1.807) is 0 Å². The molecule has 1 saturated carbocycles. The molecule has 2 N–H and O–H groups in total. The number of hydrogen-bond acceptors (Lipinski definition) is 3. The molecular weight excluding hydrogens is 248 g/mol. The van der Waals surface area contributed by atoms with Gasteiger partial charge in [-0.15, -0.1) is 0 Å². The molecule has 1 aromatic carbocycles. The molecule has 0 heterocycles. The van der Waals surface area contributed by atoms with Crippen molar-refractivity contribution >= 4 is 10.0 Å². The predicted octanol–water partition coefficient (Wildman–Crippen LogP) is 1.28. The van der Waals surface area contributed by atoms with Gasteiger partial charge in [-0.3, -0.25) is 0 Å². The van der Waals surface area contributed by atoms with Crippen LogP contribution in [0.15, 0.2) is 30.3 Å². The fraction of sp³-hybridized carbons (Fsp3) is 0.538. The number of nitrogens with one attached hydrogen (secondary N) is 2. The molecule has 100 valence electrons. The molecular formula is C13H20N2O2S. The van der Waals surface area contributed by atoms with Gasteiger partial charge < -0.3 is 5.32 Å². The largest absolute Gasteiger partial charge is 0.309 e. The molecule has 2 rings (SSSR count). The van der Waals surface area contributed by atoms with Crippen molar-refractivity contribution in [3.05, 3.63) is 35.9 Å². The minimum Gasteiger partial charge on any atom is -0.309 e. The van der Waals surface area contributed by atoms with Crippen molar-refractivity contribution in [3.8, 4) is 0 Å². The molecule has 4 nitrogen and oxygen atoms in total. The monoisotopic (exact) mass is 268 g/mol. The van der Waals surface area contributed by atoms with Crippen LogP contribution in [0.5, 0.6) is 0 Å². The summed E-state index contributed by atoms with van der Waals surface area (Å²) in [7, 11) is -1.67. The normalized spacial score (nSPS) is 17.6. The molecule has 18 heavy (non-hydrogen) atoms. The zero-order chi connectivity index (χ0) is 13.0. The van der Waals surface area contributed by atoms with Crippen LogP contribution < -0.4 is 10.0 Å². The van der Waals surface area contributed by atoms with E-state index in [-0.39, 0.29) is 5.75 Å². The van der Waals surface area contributed by atoms with E-state index in [4.69, 9.17) is 0 Å². The van der Waals surface area contributed by atoms with E-state index in [9.17, 15) is 8.42 Å². The minimum absolute atomic E-state index is 0.125. The summed E-state index contributed by atoms with van der Waals surface area (Å²) in [6.45, 7) is 0.485. The summed E-state index contributed by atoms with van der Waals surface area (Å²) in [5.74, 6) is 0.782. The van der Waals surface area contributed by atoms with Crippen LogP contribution in [0, 0.1) is 5.92 Å². The Morgan fingerprint density at radius 3 is 2.50 bits per heavy atom. The fourth-order valence-electron chi connectivity index (χ4n) is 2.10. The standard InChI is InChI=1S/C13H20N2O2S/c1-14-18(16,17)10-9-15-13(12-7-8-12)11-5-3-2-4-6-11/h2-6,12-15H,7-10H2,1H3. The van der Waals surface area contributed by atoms with Crippen molar-refractivity contribution in [2.24, 2.45) is 5.92 Å². The third-order valence-corrected chi connectivity index (χ3v) is 4.66. The Kier molecular flexibility index (Phi) is 4.37. The number of hydrogen-bond donors (Lipinski definition) is 2. The molecule has 1 aliphatic carbocycles. The summed E-state index contributed by atoms with van der Waals surface area (Å²) in [4.78, 5) is 0. The third-order valence-electron chi connectivity index (χ3n) is 3.30. The van der Waals surface area contributed by atoms with Gasteiger partial charge in [-0.25, -0.2) is 13.1 Å². The summed E-state index contributed by atoms with van der Waals surface area (Å²) in [6, 6.07) is 10.5. The lowest BCUT2D eigenvalue weighted by atomic mass is 10.0. The zero-order valence-corrected chi connectivity index (χ0v) is 11.4. The van der Waals surface area contributed by atoms with Gasteiger partial charge in [0.15, 0.2) is 0 Å². The SMILES string of the molecule is CNS(=O)(=O)CCNC(c1ccccc1)C1CC1. The van der Waals surface area contributed by atoms with Crippen LogP contribution in [0.25, 0.3) is 0 Å². The van der Waals surface area contributed by atoms with Crippen LogP contribution in [0.3, 0.4) is 0 Å². The first kappa shape index (κ1) is 13.5. The first-order chi connectivity index (χ1) is 8.62. The second-order valence-electron chi connectivity index (χ2n) is 4.70. The van der Waals surface area contributed by atoms with Gasteiger partial charge in [-0.2, -0.15) is 0 Å². The Labute approximate surface area is 109 Å². The van der Waals surface area contributed by atoms with Crippen molar-refractivity contribution < 1.29 is 8.42 Å². The van der Waals surface area contributed by atoms with E-state index in [1.807, 2.05) is 18.2 Å². The summed E-state index contributed by atoms with van der Waals surface area (Å²) in [5, 5.41) is 3.37. The van der Waals surface area contributed by atoms with E-state index in [0.29, 0.717) is 18.5 Å². The zero-order valence-electron chi connectivity index (χ0n) is 10.6. The molecule has 0 bridgehead atoms. The molecule has 0 spiro atoms. The molecule has 1 unspecified atom stereocenters. The molecule has 1 fully saturated rings. The lowest BCUT2D eigenvalue weighted by Gasteiger charge is -2.18. The first-order valence-corrected chi connectivity index (χ1v) is 7.97. The average Bonchev–Trinajstić information content (AvgIpc) is 3.20. The molecule has 1 atom stereocenters. The second kappa shape index (κ2) is 5.82. The van der Waals surface area contributed by atoms with Crippen LogP contribution in [-0.2, 0) is 10.0 Å². The number of rotatable bonds is 7. The van der Waals surface area contributed by atoms with Gasteiger partial charge >= 0.3 is 0 Å². The summed E-state index contributed by atoms with van der Waals surface area (Å²) >= 11 is 0. The average molecular weight is 268 g/mol. The quantitative estimate of drug-likeness (QED) is 0.783. The van der Waals surface area contributed by atoms with E-state index in [0.717, 1.165) is 0 Å². The molecule has 0 radical (unpaired) electrons. The van der Waals surface area contributed by atoms with Crippen molar-refractivity contribution in [3.63, 3.8) is 0 Å². The van der Waals surface area contributed by atoms with Gasteiger partial charge in [-0.1, -0.05) is 30.3 Å². The van der Waals surface area contributed by atoms with Gasteiger partial charge in [0.25, 0.3) is 0 Å². The van der Waals surface area contributed by atoms with E-state index in [2.05, 4.69) is 22.2 Å². The Morgan fingerprint density at radius 1 is 1.28 bits per heavy atom. The van der Waals surface area contributed by atoms with Crippen molar-refractivity contribution in [2.45, 2.75) is 18.9 Å². The molecule has 1 aromatic rings. The Hall–Kier alpha value is -0.910. The van der Waals surface area contributed by atoms with Gasteiger partial charge in [0.2, 0.25) is 10.0 Å². The summed E-state index contributed by atoms with van der Waals surface area (Å²) < 4.78 is 25.0. The van der Waals surface area contributed by atoms with Crippen LogP contribution in [0.1, 0.15) is 24.4 Å². The Bertz CT molecular complexity index is 469. The fourth-order valence-corrected chi connectivity index (χ4v) is 2.69. The van der Waals surface area contributed by atoms with Crippen LogP contribution >= 0.6 is 0 Å². The highest BCUT2D eigenvalue weighted by Crippen LogP contribution is 2.40. The molecule has 0 aromatic heterocycles. The van der Waals surface area contributed by atoms with Crippen LogP contribution in [0.2, 0.25) is 0 Å². The van der Waals surface area contributed by atoms with Crippen molar-refractivity contribution in [2.75, 3.05) is 19.3 Å². The molecule has 0 saturated heterocycles. The maximum absolute atomic E-state index is 11.4. The molecule has 5 heteroatoms. The van der Waals surface area contributed by atoms with Crippen molar-refractivity contribution in [1.82, 2.24) is 10.0 Å². The van der Waals surface area contributed by atoms with Crippen LogP contribution in [0.4, 0.5) is 0 Å². The van der Waals surface area contributed by atoms with Crippen molar-refractivity contribution in [1.29, 1.82) is 0 Å². The lowest BCUT2D eigenvalue weighted by Crippen LogP contribution is -2.32. The third kappa shape index (κ3) is 3.80. The molecule has 0 aliphatic heterocycles. The van der Waals surface area contributed by atoms with Gasteiger partial charge in [0, 0.05) is 12.6 Å². The minimum atomic E-state index is -3.12. The lowest BCUT2D eigenvalue weighted by molar-refractivity contribution is 0.493. The van der Waals surface area contributed by atoms with E-state index < -0.39 is 10.0 Å². The van der Waals surface area contributed by atoms with E-state index >= 15 is 0 Å². The predicted molar refractivity (Wildman–Crippen MR) is 72.8 cm³/mol. The Morgan fingerprint density at radius 2 is 1.94 bits per heavy atom. The Balaban J connectivity index is 1.92. The topological polar surface area (TPSA) is 58.2 Å². The molecule has 0 amide bonds. The number of sulfonamides is 1. The van der Waals surface area contributed by atoms with Gasteiger partial charge in [0.05, 0.1) is 5.75 Å². The maximum atomic E-state index is 11.4. The maximum Gasteiger partial charge on any atom is 0.212 e. The molecule has 1 aliphatic rings. The highest BCUT2D eigenvalue weighted by Gasteiger charge is 2.31. The summed E-state index contributed by atoms with van der Waals surface area (Å²) in [6.07, 6.45) is 2.46. The second-order valence-corrected chi connectivity index (χ2v) is 6.75. The highest BCUT2D eigenvalue weighted by molar-refractivity contribution is 7.89. The van der Waals surface area contributed by atoms with Gasteiger partial charge in [-0.05, 0) is 31.4 Å². The first-order valence-electron chi connectivity index (χ1n) is 6.32. The highest BCUT2D eigenvalue weighted by atomic mass is 32.2. The van der Waals surface area contributed by atoms with Crippen LogP contribution in [-0.4, -0.2) is 27.8 Å². The number of benzene rings is 1. The summed E-state index contributed by atoms with van der Waals surface area (Å²) in [5.41, 5.74) is 1.25. The van der Waals surface area contributed by atoms with Gasteiger partial charge in [0.1, 0.15) is 0 Å². The van der Waals surface area contributed by atoms with E-state index in [1.165, 1.54) is 25.5 Å². The smallest absolute Gasteiger partial charge is 0.212 e.